The van der Waals surface area contributed by atoms with Gasteiger partial charge in [-0.05, 0) is 37.6 Å². The molecule has 9 heteroatoms. The monoisotopic (exact) mass is 369 g/mol. The van der Waals surface area contributed by atoms with Gasteiger partial charge in [0.05, 0.1) is 16.2 Å². The number of carbonyl (C=O) groups excluding carboxylic acids is 2. The number of aromatic hydroxyl groups is 1. The number of nitriles is 1. The molecule has 27 heavy (non-hydrogen) atoms. The van der Waals surface area contributed by atoms with Crippen LogP contribution in [0.4, 0.5) is 11.4 Å². The van der Waals surface area contributed by atoms with Crippen LogP contribution in [0.25, 0.3) is 0 Å². The number of ether oxygens (including phenoxy) is 1. The first-order valence-corrected chi connectivity index (χ1v) is 7.73. The molecule has 2 aromatic carbocycles. The molecule has 0 saturated heterocycles. The van der Waals surface area contributed by atoms with Gasteiger partial charge in [-0.3, -0.25) is 14.9 Å². The number of anilines is 1. The van der Waals surface area contributed by atoms with Crippen LogP contribution in [0, 0.1) is 28.4 Å². The number of non-ortho nitro benzene ring substituents is 1. The van der Waals surface area contributed by atoms with Crippen LogP contribution < -0.4 is 5.32 Å². The van der Waals surface area contributed by atoms with E-state index in [0.29, 0.717) is 0 Å². The van der Waals surface area contributed by atoms with Gasteiger partial charge in [0.2, 0.25) is 0 Å². The second-order valence-corrected chi connectivity index (χ2v) is 5.66. The average Bonchev–Trinajstić information content (AvgIpc) is 2.61. The molecule has 0 radical (unpaired) electrons. The number of carbonyl (C=O) groups is 2. The third-order valence-electron chi connectivity index (χ3n) is 3.62. The molecule has 0 fully saturated rings. The Labute approximate surface area is 154 Å². The molecular formula is C18H15N3O6. The Morgan fingerprint density at radius 1 is 1.30 bits per heavy atom. The van der Waals surface area contributed by atoms with Crippen molar-refractivity contribution in [3.05, 3.63) is 63.2 Å². The lowest BCUT2D eigenvalue weighted by atomic mass is 10.1. The zero-order valence-electron chi connectivity index (χ0n) is 14.4. The summed E-state index contributed by atoms with van der Waals surface area (Å²) in [4.78, 5) is 34.4. The Morgan fingerprint density at radius 2 is 2.00 bits per heavy atom. The van der Waals surface area contributed by atoms with Gasteiger partial charge < -0.3 is 15.2 Å². The number of nitrogens with zero attached hydrogens (tertiary/aromatic N) is 2. The van der Waals surface area contributed by atoms with E-state index in [9.17, 15) is 24.8 Å². The number of hydrogen-bond donors (Lipinski definition) is 2. The number of esters is 1. The Hall–Kier alpha value is -3.93. The fourth-order valence-corrected chi connectivity index (χ4v) is 2.17. The van der Waals surface area contributed by atoms with E-state index >= 15 is 0 Å². The van der Waals surface area contributed by atoms with Gasteiger partial charge in [0.1, 0.15) is 17.4 Å². The van der Waals surface area contributed by atoms with E-state index < -0.39 is 22.9 Å². The van der Waals surface area contributed by atoms with Crippen molar-refractivity contribution in [1.82, 2.24) is 0 Å². The van der Waals surface area contributed by atoms with Gasteiger partial charge in [-0.2, -0.15) is 5.26 Å². The van der Waals surface area contributed by atoms with Crippen molar-refractivity contribution in [3.8, 4) is 11.8 Å². The molecule has 0 unspecified atom stereocenters. The molecule has 2 aromatic rings. The van der Waals surface area contributed by atoms with Gasteiger partial charge in [0.15, 0.2) is 6.10 Å². The maximum absolute atomic E-state index is 12.2. The number of phenolic OH excluding ortho intramolecular Hbond substituents is 1. The Morgan fingerprint density at radius 3 is 2.59 bits per heavy atom. The zero-order valence-corrected chi connectivity index (χ0v) is 14.4. The van der Waals surface area contributed by atoms with E-state index in [1.54, 1.807) is 19.1 Å². The molecule has 0 spiro atoms. The van der Waals surface area contributed by atoms with Crippen LogP contribution in [0.3, 0.4) is 0 Å². The number of hydrogen-bond acceptors (Lipinski definition) is 7. The molecule has 138 valence electrons. The number of benzene rings is 2. The van der Waals surface area contributed by atoms with E-state index in [-0.39, 0.29) is 28.3 Å². The summed E-state index contributed by atoms with van der Waals surface area (Å²) in [6.45, 7) is 3.05. The van der Waals surface area contributed by atoms with Crippen molar-refractivity contribution in [2.45, 2.75) is 20.0 Å². The molecular weight excluding hydrogens is 354 g/mol. The molecule has 1 amide bonds. The Kier molecular flexibility index (Phi) is 5.72. The summed E-state index contributed by atoms with van der Waals surface area (Å²) < 4.78 is 5.02. The van der Waals surface area contributed by atoms with Crippen LogP contribution in [0.15, 0.2) is 36.4 Å². The van der Waals surface area contributed by atoms with Crippen molar-refractivity contribution in [1.29, 1.82) is 5.26 Å². The number of nitro benzene ring substituents is 1. The quantitative estimate of drug-likeness (QED) is 0.468. The predicted molar refractivity (Wildman–Crippen MR) is 94.2 cm³/mol. The third kappa shape index (κ3) is 4.58. The van der Waals surface area contributed by atoms with Gasteiger partial charge in [0, 0.05) is 12.1 Å². The van der Waals surface area contributed by atoms with Crippen LogP contribution >= 0.6 is 0 Å². The summed E-state index contributed by atoms with van der Waals surface area (Å²) in [7, 11) is 0. The first kappa shape index (κ1) is 19.4. The fraction of sp³-hybridized carbons (Fsp3) is 0.167. The highest BCUT2D eigenvalue weighted by Crippen LogP contribution is 2.23. The number of rotatable bonds is 5. The van der Waals surface area contributed by atoms with Crippen LogP contribution in [0.1, 0.15) is 28.4 Å². The van der Waals surface area contributed by atoms with Gasteiger partial charge in [-0.1, -0.05) is 6.07 Å². The van der Waals surface area contributed by atoms with Gasteiger partial charge in [0.25, 0.3) is 11.6 Å². The molecule has 0 aliphatic carbocycles. The lowest BCUT2D eigenvalue weighted by Crippen LogP contribution is -2.30. The molecule has 0 aromatic heterocycles. The van der Waals surface area contributed by atoms with Crippen molar-refractivity contribution in [2.24, 2.45) is 0 Å². The summed E-state index contributed by atoms with van der Waals surface area (Å²) >= 11 is 0. The minimum Gasteiger partial charge on any atom is -0.507 e. The van der Waals surface area contributed by atoms with Crippen LogP contribution in [-0.4, -0.2) is 28.0 Å². The molecule has 0 aliphatic rings. The smallest absolute Gasteiger partial charge is 0.342 e. The lowest BCUT2D eigenvalue weighted by molar-refractivity contribution is -0.384. The standard InChI is InChI=1S/C18H15N3O6/c1-10-3-5-14(16(22)7-10)18(24)27-11(2)17(23)20-15-6-4-13(21(25)26)8-12(15)9-19/h3-8,11,22H,1-2H3,(H,20,23)/t11-/m0/s1. The number of nitro groups is 1. The van der Waals surface area contributed by atoms with Crippen molar-refractivity contribution >= 4 is 23.3 Å². The number of phenols is 1. The summed E-state index contributed by atoms with van der Waals surface area (Å²) in [6, 6.07) is 9.50. The van der Waals surface area contributed by atoms with Crippen LogP contribution in [0.2, 0.25) is 0 Å². The summed E-state index contributed by atoms with van der Waals surface area (Å²) in [5.41, 5.74) is 0.311. The minimum atomic E-state index is -1.24. The van der Waals surface area contributed by atoms with Crippen LogP contribution in [-0.2, 0) is 9.53 Å². The normalized spacial score (nSPS) is 11.1. The topological polar surface area (TPSA) is 143 Å². The maximum Gasteiger partial charge on any atom is 0.342 e. The molecule has 1 atom stereocenters. The highest BCUT2D eigenvalue weighted by molar-refractivity contribution is 5.99. The van der Waals surface area contributed by atoms with Gasteiger partial charge >= 0.3 is 5.97 Å². The second kappa shape index (κ2) is 7.97. The lowest BCUT2D eigenvalue weighted by Gasteiger charge is -2.14. The predicted octanol–water partition coefficient (Wildman–Crippen LogP) is 2.66. The van der Waals surface area contributed by atoms with Gasteiger partial charge in [-0.25, -0.2) is 4.79 Å². The number of aryl methyl sites for hydroxylation is 1. The second-order valence-electron chi connectivity index (χ2n) is 5.66. The number of amides is 1. The van der Waals surface area contributed by atoms with Crippen molar-refractivity contribution in [3.63, 3.8) is 0 Å². The first-order valence-electron chi connectivity index (χ1n) is 7.73. The maximum atomic E-state index is 12.2. The zero-order chi connectivity index (χ0) is 20.1. The SMILES string of the molecule is Cc1ccc(C(=O)O[C@@H](C)C(=O)Nc2ccc([N+](=O)[O-])cc2C#N)c(O)c1. The third-order valence-corrected chi connectivity index (χ3v) is 3.62. The van der Waals surface area contributed by atoms with E-state index in [1.807, 2.05) is 0 Å². The molecule has 2 N–H and O–H groups in total. The molecule has 9 nitrogen and oxygen atoms in total. The Balaban J connectivity index is 2.11. The summed E-state index contributed by atoms with van der Waals surface area (Å²) in [6.07, 6.45) is -1.24. The summed E-state index contributed by atoms with van der Waals surface area (Å²) in [5, 5.41) is 32.0. The van der Waals surface area contributed by atoms with E-state index in [2.05, 4.69) is 5.32 Å². The largest absolute Gasteiger partial charge is 0.507 e. The van der Waals surface area contributed by atoms with E-state index in [1.165, 1.54) is 25.1 Å². The van der Waals surface area contributed by atoms with E-state index in [4.69, 9.17) is 10.00 Å². The van der Waals surface area contributed by atoms with Crippen molar-refractivity contribution in [2.75, 3.05) is 5.32 Å². The Bertz CT molecular complexity index is 964. The minimum absolute atomic E-state index is 0.0502. The number of nitrogens with one attached hydrogen (secondary N) is 1. The van der Waals surface area contributed by atoms with Crippen LogP contribution in [0.5, 0.6) is 5.75 Å². The summed E-state index contributed by atoms with van der Waals surface area (Å²) in [5.74, 6) is -1.89. The fourth-order valence-electron chi connectivity index (χ4n) is 2.17. The highest BCUT2D eigenvalue weighted by atomic mass is 16.6. The first-order chi connectivity index (χ1) is 12.7. The molecule has 0 bridgehead atoms. The van der Waals surface area contributed by atoms with Gasteiger partial charge in [-0.15, -0.1) is 0 Å². The average molecular weight is 369 g/mol. The highest BCUT2D eigenvalue weighted by Gasteiger charge is 2.22. The molecule has 0 heterocycles. The van der Waals surface area contributed by atoms with Crippen molar-refractivity contribution < 1.29 is 24.4 Å². The molecule has 0 saturated carbocycles. The van der Waals surface area contributed by atoms with E-state index in [0.717, 1.165) is 17.7 Å². The molecule has 2 rings (SSSR count). The molecule has 0 aliphatic heterocycles.